The summed E-state index contributed by atoms with van der Waals surface area (Å²) < 4.78 is 4.66. The SMILES string of the molecule is CCOC(=O)CC(O)C(O)c1cccc(N)c1O. The highest BCUT2D eigenvalue weighted by atomic mass is 16.5. The highest BCUT2D eigenvalue weighted by molar-refractivity contribution is 5.70. The van der Waals surface area contributed by atoms with Crippen molar-refractivity contribution in [2.75, 3.05) is 12.3 Å². The molecule has 0 bridgehead atoms. The molecule has 0 spiro atoms. The second-order valence-corrected chi connectivity index (χ2v) is 3.81. The molecule has 0 fully saturated rings. The van der Waals surface area contributed by atoms with E-state index in [0.29, 0.717) is 0 Å². The normalized spacial score (nSPS) is 13.9. The van der Waals surface area contributed by atoms with Gasteiger partial charge in [-0.3, -0.25) is 4.79 Å². The predicted octanol–water partition coefficient (Wildman–Crippen LogP) is 0.322. The quantitative estimate of drug-likeness (QED) is 0.342. The van der Waals surface area contributed by atoms with Gasteiger partial charge in [0.25, 0.3) is 0 Å². The van der Waals surface area contributed by atoms with E-state index in [1.807, 2.05) is 0 Å². The Balaban J connectivity index is 2.77. The van der Waals surface area contributed by atoms with Gasteiger partial charge in [0.2, 0.25) is 0 Å². The summed E-state index contributed by atoms with van der Waals surface area (Å²) in [4.78, 5) is 11.2. The number of phenols is 1. The Morgan fingerprint density at radius 1 is 1.44 bits per heavy atom. The third-order valence-electron chi connectivity index (χ3n) is 2.46. The number of phenolic OH excluding ortho intramolecular Hbond substituents is 1. The number of para-hydroxylation sites is 1. The van der Waals surface area contributed by atoms with Crippen LogP contribution < -0.4 is 5.73 Å². The van der Waals surface area contributed by atoms with Crippen LogP contribution in [0.25, 0.3) is 0 Å². The van der Waals surface area contributed by atoms with Crippen molar-refractivity contribution in [3.63, 3.8) is 0 Å². The number of rotatable bonds is 5. The van der Waals surface area contributed by atoms with E-state index in [0.717, 1.165) is 0 Å². The van der Waals surface area contributed by atoms with Gasteiger partial charge in [-0.05, 0) is 13.0 Å². The highest BCUT2D eigenvalue weighted by Crippen LogP contribution is 2.31. The summed E-state index contributed by atoms with van der Waals surface area (Å²) in [5, 5.41) is 29.2. The first-order valence-electron chi connectivity index (χ1n) is 5.56. The lowest BCUT2D eigenvalue weighted by atomic mass is 10.0. The number of benzene rings is 1. The first-order valence-corrected chi connectivity index (χ1v) is 5.56. The summed E-state index contributed by atoms with van der Waals surface area (Å²) in [6.07, 6.45) is -3.13. The summed E-state index contributed by atoms with van der Waals surface area (Å²) in [5.41, 5.74) is 5.64. The molecule has 1 aromatic carbocycles. The van der Waals surface area contributed by atoms with Crippen molar-refractivity contribution < 1.29 is 24.9 Å². The van der Waals surface area contributed by atoms with Crippen LogP contribution in [0.5, 0.6) is 5.75 Å². The molecule has 0 aromatic heterocycles. The number of carbonyl (C=O) groups is 1. The Morgan fingerprint density at radius 2 is 2.11 bits per heavy atom. The molecule has 0 amide bonds. The second kappa shape index (κ2) is 6.23. The largest absolute Gasteiger partial charge is 0.505 e. The minimum atomic E-state index is -1.40. The average Bonchev–Trinajstić information content (AvgIpc) is 2.32. The lowest BCUT2D eigenvalue weighted by molar-refractivity contribution is -0.147. The molecule has 6 nitrogen and oxygen atoms in total. The van der Waals surface area contributed by atoms with Gasteiger partial charge in [-0.15, -0.1) is 0 Å². The zero-order valence-corrected chi connectivity index (χ0v) is 10.0. The van der Waals surface area contributed by atoms with E-state index in [2.05, 4.69) is 4.74 Å². The van der Waals surface area contributed by atoms with Gasteiger partial charge in [0.15, 0.2) is 0 Å². The summed E-state index contributed by atoms with van der Waals surface area (Å²) in [7, 11) is 0. The van der Waals surface area contributed by atoms with E-state index in [1.54, 1.807) is 6.92 Å². The number of hydrogen-bond acceptors (Lipinski definition) is 6. The first-order chi connectivity index (χ1) is 8.47. The summed E-state index contributed by atoms with van der Waals surface area (Å²) >= 11 is 0. The molecule has 0 aliphatic carbocycles. The van der Waals surface area contributed by atoms with E-state index >= 15 is 0 Å². The third kappa shape index (κ3) is 3.35. The number of anilines is 1. The number of aliphatic hydroxyl groups is 2. The van der Waals surface area contributed by atoms with Gasteiger partial charge >= 0.3 is 5.97 Å². The third-order valence-corrected chi connectivity index (χ3v) is 2.46. The molecule has 0 saturated carbocycles. The minimum Gasteiger partial charge on any atom is -0.505 e. The number of carbonyl (C=O) groups excluding carboxylic acids is 1. The van der Waals surface area contributed by atoms with Gasteiger partial charge in [0, 0.05) is 5.56 Å². The van der Waals surface area contributed by atoms with Crippen molar-refractivity contribution in [2.24, 2.45) is 0 Å². The summed E-state index contributed by atoms with van der Waals surface area (Å²) in [6, 6.07) is 4.42. The van der Waals surface area contributed by atoms with Crippen LogP contribution in [0.1, 0.15) is 25.0 Å². The molecule has 0 aliphatic rings. The standard InChI is InChI=1S/C12H17NO5/c1-2-18-10(15)6-9(14)12(17)7-4-3-5-8(13)11(7)16/h3-5,9,12,14,16-17H,2,6,13H2,1H3. The molecule has 18 heavy (non-hydrogen) atoms. The van der Waals surface area contributed by atoms with Crippen LogP contribution in [0.3, 0.4) is 0 Å². The predicted molar refractivity (Wildman–Crippen MR) is 64.7 cm³/mol. The van der Waals surface area contributed by atoms with Crippen LogP contribution in [0.15, 0.2) is 18.2 Å². The zero-order valence-electron chi connectivity index (χ0n) is 10.0. The van der Waals surface area contributed by atoms with Crippen molar-refractivity contribution in [1.82, 2.24) is 0 Å². The van der Waals surface area contributed by atoms with Crippen LogP contribution >= 0.6 is 0 Å². The van der Waals surface area contributed by atoms with Crippen molar-refractivity contribution >= 4 is 11.7 Å². The molecular formula is C12H17NO5. The smallest absolute Gasteiger partial charge is 0.308 e. The number of nitrogens with two attached hydrogens (primary N) is 1. The molecule has 2 atom stereocenters. The molecule has 5 N–H and O–H groups in total. The maximum Gasteiger partial charge on any atom is 0.308 e. The van der Waals surface area contributed by atoms with Gasteiger partial charge in [0.05, 0.1) is 24.8 Å². The molecule has 1 aromatic rings. The Bertz CT molecular complexity index is 421. The van der Waals surface area contributed by atoms with E-state index in [4.69, 9.17) is 5.73 Å². The average molecular weight is 255 g/mol. The van der Waals surface area contributed by atoms with Crippen LogP contribution in [0.4, 0.5) is 5.69 Å². The number of hydrogen-bond donors (Lipinski definition) is 4. The molecule has 6 heteroatoms. The molecule has 0 radical (unpaired) electrons. The lowest BCUT2D eigenvalue weighted by Crippen LogP contribution is -2.23. The van der Waals surface area contributed by atoms with Crippen LogP contribution in [-0.4, -0.2) is 34.0 Å². The van der Waals surface area contributed by atoms with E-state index < -0.39 is 18.2 Å². The number of esters is 1. The van der Waals surface area contributed by atoms with Crippen molar-refractivity contribution in [1.29, 1.82) is 0 Å². The van der Waals surface area contributed by atoms with Crippen LogP contribution in [0, 0.1) is 0 Å². The van der Waals surface area contributed by atoms with Crippen LogP contribution in [0.2, 0.25) is 0 Å². The first kappa shape index (κ1) is 14.3. The van der Waals surface area contributed by atoms with Crippen molar-refractivity contribution in [3.8, 4) is 5.75 Å². The zero-order chi connectivity index (χ0) is 13.7. The van der Waals surface area contributed by atoms with Gasteiger partial charge in [-0.1, -0.05) is 12.1 Å². The van der Waals surface area contributed by atoms with Gasteiger partial charge in [-0.25, -0.2) is 0 Å². The maximum atomic E-state index is 11.2. The topological polar surface area (TPSA) is 113 Å². The molecule has 1 rings (SSSR count). The Kier molecular flexibility index (Phi) is 4.94. The summed E-state index contributed by atoms with van der Waals surface area (Å²) in [6.45, 7) is 1.84. The van der Waals surface area contributed by atoms with E-state index in [1.165, 1.54) is 18.2 Å². The highest BCUT2D eigenvalue weighted by Gasteiger charge is 2.24. The Hall–Kier alpha value is -1.79. The number of aromatic hydroxyl groups is 1. The van der Waals surface area contributed by atoms with Gasteiger partial charge < -0.3 is 25.8 Å². The van der Waals surface area contributed by atoms with E-state index in [-0.39, 0.29) is 30.0 Å². The fourth-order valence-corrected chi connectivity index (χ4v) is 1.53. The number of ether oxygens (including phenoxy) is 1. The Labute approximate surface area is 105 Å². The van der Waals surface area contributed by atoms with Gasteiger partial charge in [-0.2, -0.15) is 0 Å². The minimum absolute atomic E-state index is 0.0757. The van der Waals surface area contributed by atoms with E-state index in [9.17, 15) is 20.1 Å². The van der Waals surface area contributed by atoms with Gasteiger partial charge in [0.1, 0.15) is 11.9 Å². The second-order valence-electron chi connectivity index (χ2n) is 3.81. The molecule has 0 heterocycles. The maximum absolute atomic E-state index is 11.2. The lowest BCUT2D eigenvalue weighted by Gasteiger charge is -2.18. The monoisotopic (exact) mass is 255 g/mol. The Morgan fingerprint density at radius 3 is 2.72 bits per heavy atom. The van der Waals surface area contributed by atoms with Crippen molar-refractivity contribution in [3.05, 3.63) is 23.8 Å². The van der Waals surface area contributed by atoms with Crippen LogP contribution in [-0.2, 0) is 9.53 Å². The summed E-state index contributed by atoms with van der Waals surface area (Å²) in [5.74, 6) is -0.916. The molecule has 100 valence electrons. The fraction of sp³-hybridized carbons (Fsp3) is 0.417. The molecule has 0 saturated heterocycles. The fourth-order valence-electron chi connectivity index (χ4n) is 1.53. The molecule has 0 aliphatic heterocycles. The number of nitrogen functional groups attached to an aromatic ring is 1. The van der Waals surface area contributed by atoms with Crippen molar-refractivity contribution in [2.45, 2.75) is 25.6 Å². The number of aliphatic hydroxyl groups excluding tert-OH is 2. The molecule has 2 unspecified atom stereocenters. The molecular weight excluding hydrogens is 238 g/mol.